The minimum absolute atomic E-state index is 0.704. The fourth-order valence-corrected chi connectivity index (χ4v) is 7.29. The van der Waals surface area contributed by atoms with E-state index < -0.39 is 7.92 Å². The van der Waals surface area contributed by atoms with Crippen LogP contribution in [0, 0.1) is 0 Å². The Morgan fingerprint density at radius 3 is 2.00 bits per heavy atom. The summed E-state index contributed by atoms with van der Waals surface area (Å²) in [5.74, 6) is 0. The molecule has 0 amide bonds. The lowest BCUT2D eigenvalue weighted by Gasteiger charge is -2.20. The maximum absolute atomic E-state index is 5.19. The summed E-state index contributed by atoms with van der Waals surface area (Å²) in [6.07, 6.45) is 2.08. The number of benzene rings is 4. The van der Waals surface area contributed by atoms with Gasteiger partial charge in [-0.15, -0.1) is 0 Å². The SMILES string of the molecule is c1ccc(P(c2ccccc2)c2cccc(-c3nc4ccccc4c4nc5ccccn5c34)c2)cc1. The highest BCUT2D eigenvalue weighted by Crippen LogP contribution is 2.36. The second-order valence-electron chi connectivity index (χ2n) is 8.77. The molecule has 0 spiro atoms. The van der Waals surface area contributed by atoms with E-state index in [4.69, 9.17) is 9.97 Å². The van der Waals surface area contributed by atoms with Crippen LogP contribution >= 0.6 is 7.92 Å². The van der Waals surface area contributed by atoms with Gasteiger partial charge in [0.05, 0.1) is 16.7 Å². The molecular weight excluding hydrogens is 457 g/mol. The van der Waals surface area contributed by atoms with E-state index in [1.54, 1.807) is 0 Å². The molecule has 0 aliphatic heterocycles. The highest BCUT2D eigenvalue weighted by Gasteiger charge is 2.20. The molecule has 3 nitrogen and oxygen atoms in total. The van der Waals surface area contributed by atoms with Gasteiger partial charge in [0.15, 0.2) is 0 Å². The molecule has 0 unspecified atom stereocenters. The van der Waals surface area contributed by atoms with Gasteiger partial charge in [-0.1, -0.05) is 103 Å². The van der Waals surface area contributed by atoms with Crippen molar-refractivity contribution in [3.8, 4) is 11.3 Å². The normalized spacial score (nSPS) is 11.6. The van der Waals surface area contributed by atoms with Gasteiger partial charge in [0.2, 0.25) is 0 Å². The fraction of sp³-hybridized carbons (Fsp3) is 0. The summed E-state index contributed by atoms with van der Waals surface area (Å²) >= 11 is 0. The first-order valence-electron chi connectivity index (χ1n) is 12.0. The summed E-state index contributed by atoms with van der Waals surface area (Å²) < 4.78 is 2.16. The van der Waals surface area contributed by atoms with E-state index in [-0.39, 0.29) is 0 Å². The quantitative estimate of drug-likeness (QED) is 0.271. The van der Waals surface area contributed by atoms with Gasteiger partial charge >= 0.3 is 0 Å². The molecule has 7 aromatic rings. The van der Waals surface area contributed by atoms with Crippen LogP contribution in [-0.4, -0.2) is 14.4 Å². The van der Waals surface area contributed by atoms with E-state index in [1.165, 1.54) is 15.9 Å². The Kier molecular flexibility index (Phi) is 5.08. The van der Waals surface area contributed by atoms with Gasteiger partial charge in [-0.05, 0) is 48.1 Å². The zero-order chi connectivity index (χ0) is 23.9. The molecule has 4 aromatic carbocycles. The van der Waals surface area contributed by atoms with Gasteiger partial charge in [-0.3, -0.25) is 4.40 Å². The van der Waals surface area contributed by atoms with E-state index in [0.29, 0.717) is 0 Å². The van der Waals surface area contributed by atoms with Crippen molar-refractivity contribution in [2.75, 3.05) is 0 Å². The molecule has 3 aromatic heterocycles. The van der Waals surface area contributed by atoms with Crippen molar-refractivity contribution in [2.45, 2.75) is 0 Å². The van der Waals surface area contributed by atoms with Crippen molar-refractivity contribution >= 4 is 51.4 Å². The molecular formula is C32H22N3P. The predicted octanol–water partition coefficient (Wildman–Crippen LogP) is 6.46. The maximum atomic E-state index is 5.19. The van der Waals surface area contributed by atoms with Crippen LogP contribution in [0.1, 0.15) is 0 Å². The molecule has 3 heterocycles. The third kappa shape index (κ3) is 3.48. The number of hydrogen-bond donors (Lipinski definition) is 0. The molecule has 0 bridgehead atoms. The van der Waals surface area contributed by atoms with Crippen molar-refractivity contribution in [2.24, 2.45) is 0 Å². The van der Waals surface area contributed by atoms with E-state index in [0.717, 1.165) is 38.8 Å². The smallest absolute Gasteiger partial charge is 0.137 e. The molecule has 170 valence electrons. The molecule has 0 saturated heterocycles. The minimum Gasteiger partial charge on any atom is -0.298 e. The highest BCUT2D eigenvalue weighted by molar-refractivity contribution is 7.79. The third-order valence-electron chi connectivity index (χ3n) is 6.55. The number of rotatable bonds is 4. The van der Waals surface area contributed by atoms with Gasteiger partial charge in [0.25, 0.3) is 0 Å². The zero-order valence-electron chi connectivity index (χ0n) is 19.5. The Balaban J connectivity index is 1.50. The molecule has 0 saturated carbocycles. The standard InChI is InChI=1S/C32H22N3P/c1-3-13-24(14-4-1)36(25-15-5-2-6-16-25)26-17-11-12-23(22-26)30-32-31(27-18-7-8-19-28(27)33-30)34-29-20-9-10-21-35(29)32/h1-22H. The minimum atomic E-state index is -0.704. The molecule has 7 rings (SSSR count). The average molecular weight is 480 g/mol. The Labute approximate surface area is 210 Å². The van der Waals surface area contributed by atoms with Crippen molar-refractivity contribution in [1.82, 2.24) is 14.4 Å². The number of nitrogens with zero attached hydrogens (tertiary/aromatic N) is 3. The van der Waals surface area contributed by atoms with Crippen LogP contribution in [0.5, 0.6) is 0 Å². The Morgan fingerprint density at radius 1 is 0.556 bits per heavy atom. The number of imidazole rings is 1. The fourth-order valence-electron chi connectivity index (χ4n) is 4.95. The largest absolute Gasteiger partial charge is 0.298 e. The van der Waals surface area contributed by atoms with Crippen molar-refractivity contribution in [3.63, 3.8) is 0 Å². The summed E-state index contributed by atoms with van der Waals surface area (Å²) in [6, 6.07) is 45.0. The summed E-state index contributed by atoms with van der Waals surface area (Å²) in [6.45, 7) is 0. The number of hydrogen-bond acceptors (Lipinski definition) is 2. The first-order chi connectivity index (χ1) is 17.9. The molecule has 0 atom stereocenters. The van der Waals surface area contributed by atoms with Crippen LogP contribution in [0.3, 0.4) is 0 Å². The Hall–Kier alpha value is -4.33. The lowest BCUT2D eigenvalue weighted by atomic mass is 10.1. The topological polar surface area (TPSA) is 30.2 Å². The van der Waals surface area contributed by atoms with Gasteiger partial charge in [0, 0.05) is 17.1 Å². The maximum Gasteiger partial charge on any atom is 0.137 e. The molecule has 0 radical (unpaired) electrons. The molecule has 36 heavy (non-hydrogen) atoms. The zero-order valence-corrected chi connectivity index (χ0v) is 20.4. The first kappa shape index (κ1) is 21.0. The van der Waals surface area contributed by atoms with Crippen LogP contribution in [0.15, 0.2) is 134 Å². The van der Waals surface area contributed by atoms with Crippen molar-refractivity contribution < 1.29 is 0 Å². The second kappa shape index (κ2) is 8.71. The summed E-state index contributed by atoms with van der Waals surface area (Å²) in [4.78, 5) is 10.2. The Bertz CT molecular complexity index is 1800. The van der Waals surface area contributed by atoms with Crippen LogP contribution in [-0.2, 0) is 0 Å². The summed E-state index contributed by atoms with van der Waals surface area (Å²) in [5.41, 5.74) is 5.99. The van der Waals surface area contributed by atoms with E-state index in [1.807, 2.05) is 18.2 Å². The summed E-state index contributed by atoms with van der Waals surface area (Å²) in [5, 5.41) is 5.05. The molecule has 0 aliphatic rings. The average Bonchev–Trinajstić information content (AvgIpc) is 3.34. The van der Waals surface area contributed by atoms with Crippen molar-refractivity contribution in [3.05, 3.63) is 134 Å². The van der Waals surface area contributed by atoms with Crippen molar-refractivity contribution in [1.29, 1.82) is 0 Å². The molecule has 0 aliphatic carbocycles. The first-order valence-corrected chi connectivity index (χ1v) is 13.4. The van der Waals surface area contributed by atoms with Gasteiger partial charge in [-0.25, -0.2) is 9.97 Å². The molecule has 0 fully saturated rings. The molecule has 0 N–H and O–H groups in total. The number of para-hydroxylation sites is 1. The summed E-state index contributed by atoms with van der Waals surface area (Å²) in [7, 11) is -0.704. The third-order valence-corrected chi connectivity index (χ3v) is 8.98. The highest BCUT2D eigenvalue weighted by atomic mass is 31.1. The Morgan fingerprint density at radius 2 is 1.22 bits per heavy atom. The number of pyridine rings is 2. The van der Waals surface area contributed by atoms with Crippen LogP contribution < -0.4 is 15.9 Å². The van der Waals surface area contributed by atoms with E-state index in [2.05, 4.69) is 120 Å². The van der Waals surface area contributed by atoms with Gasteiger partial charge < -0.3 is 0 Å². The van der Waals surface area contributed by atoms with Crippen LogP contribution in [0.2, 0.25) is 0 Å². The molecule has 4 heteroatoms. The number of fused-ring (bicyclic) bond motifs is 5. The second-order valence-corrected chi connectivity index (χ2v) is 11.0. The monoisotopic (exact) mass is 479 g/mol. The van der Waals surface area contributed by atoms with Crippen LogP contribution in [0.25, 0.3) is 38.8 Å². The predicted molar refractivity (Wildman–Crippen MR) is 152 cm³/mol. The van der Waals surface area contributed by atoms with Gasteiger partial charge in [0.1, 0.15) is 11.2 Å². The lowest BCUT2D eigenvalue weighted by Crippen LogP contribution is -2.20. The van der Waals surface area contributed by atoms with Crippen LogP contribution in [0.4, 0.5) is 0 Å². The van der Waals surface area contributed by atoms with E-state index >= 15 is 0 Å². The lowest BCUT2D eigenvalue weighted by molar-refractivity contribution is 1.22. The number of aromatic nitrogens is 3. The van der Waals surface area contributed by atoms with E-state index in [9.17, 15) is 0 Å². The van der Waals surface area contributed by atoms with Gasteiger partial charge in [-0.2, -0.15) is 0 Å².